The zero-order chi connectivity index (χ0) is 44.9. The summed E-state index contributed by atoms with van der Waals surface area (Å²) in [5.74, 6) is 0. The van der Waals surface area contributed by atoms with Crippen LogP contribution in [0.5, 0.6) is 0 Å². The molecule has 0 aliphatic heterocycles. The Morgan fingerprint density at radius 2 is 0.588 bits per heavy atom. The molecule has 0 saturated heterocycles. The van der Waals surface area contributed by atoms with Crippen LogP contribution in [-0.4, -0.2) is 9.13 Å². The minimum Gasteiger partial charge on any atom is -0.309 e. The maximum Gasteiger partial charge on any atom is 0.0991 e. The fourth-order valence-corrected chi connectivity index (χ4v) is 13.1. The van der Waals surface area contributed by atoms with Gasteiger partial charge in [0.2, 0.25) is 0 Å². The van der Waals surface area contributed by atoms with Crippen LogP contribution in [0.2, 0.25) is 0 Å². The molecule has 15 rings (SSSR count). The van der Waals surface area contributed by atoms with Crippen molar-refractivity contribution in [2.75, 3.05) is 0 Å². The van der Waals surface area contributed by atoms with Crippen molar-refractivity contribution in [1.82, 2.24) is 9.13 Å². The lowest BCUT2D eigenvalue weighted by atomic mass is 9.52. The number of para-hydroxylation sites is 2. The van der Waals surface area contributed by atoms with Crippen molar-refractivity contribution in [3.8, 4) is 45.8 Å². The molecular weight excluding hydrogens is 825 g/mol. The number of hydrogen-bond acceptors (Lipinski definition) is 2. The van der Waals surface area contributed by atoms with Gasteiger partial charge >= 0.3 is 0 Å². The standard InChI is InChI=1S/C64H36N4/c65-37-39-25-29-41(30-26-39)67-60-24-12-6-18-48(60)50-34-56-57(35-61(50)67)63(51-19-7-1-13-43(51)44-14-2-8-20-52(44)63)55-33-49-47-17-5-11-23-59(47)68(42-31-27-40(38-66)28-32-42)62(49)36-58(55)64(56)53-21-9-3-15-45(53)46-16-4-10-22-54(46)64/h1-36H. The van der Waals surface area contributed by atoms with Crippen molar-refractivity contribution in [2.45, 2.75) is 10.8 Å². The summed E-state index contributed by atoms with van der Waals surface area (Å²) in [4.78, 5) is 0. The fourth-order valence-electron chi connectivity index (χ4n) is 13.1. The molecule has 0 radical (unpaired) electrons. The lowest BCUT2D eigenvalue weighted by Gasteiger charge is -2.49. The molecule has 3 aliphatic carbocycles. The highest BCUT2D eigenvalue weighted by Gasteiger charge is 2.59. The maximum absolute atomic E-state index is 9.87. The normalized spacial score (nSPS) is 14.1. The van der Waals surface area contributed by atoms with Crippen molar-refractivity contribution in [2.24, 2.45) is 0 Å². The molecule has 3 aliphatic rings. The molecule has 2 heterocycles. The van der Waals surface area contributed by atoms with Crippen LogP contribution in [0.3, 0.4) is 0 Å². The first-order chi connectivity index (χ1) is 33.6. The molecule has 0 fully saturated rings. The molecule has 0 amide bonds. The topological polar surface area (TPSA) is 57.4 Å². The van der Waals surface area contributed by atoms with E-state index in [1.165, 1.54) is 88.3 Å². The number of fused-ring (bicyclic) bond motifs is 22. The second-order valence-corrected chi connectivity index (χ2v) is 18.5. The number of aromatic nitrogens is 2. The smallest absolute Gasteiger partial charge is 0.0991 e. The Bertz CT molecular complexity index is 3910. The van der Waals surface area contributed by atoms with Crippen LogP contribution in [-0.2, 0) is 10.8 Å². The van der Waals surface area contributed by atoms with E-state index in [2.05, 4.69) is 215 Å². The highest BCUT2D eigenvalue weighted by molar-refractivity contribution is 6.13. The molecule has 0 bridgehead atoms. The summed E-state index contributed by atoms with van der Waals surface area (Å²) in [6.45, 7) is 0. The average Bonchev–Trinajstić information content (AvgIpc) is 4.10. The van der Waals surface area contributed by atoms with Gasteiger partial charge in [-0.25, -0.2) is 0 Å². The Kier molecular flexibility index (Phi) is 7.19. The van der Waals surface area contributed by atoms with Crippen LogP contribution in [0.1, 0.15) is 55.6 Å². The zero-order valence-corrected chi connectivity index (χ0v) is 36.6. The Morgan fingerprint density at radius 1 is 0.279 bits per heavy atom. The van der Waals surface area contributed by atoms with E-state index in [0.717, 1.165) is 33.4 Å². The van der Waals surface area contributed by atoms with Crippen LogP contribution in [0, 0.1) is 22.7 Å². The fraction of sp³-hybridized carbons (Fsp3) is 0.0312. The van der Waals surface area contributed by atoms with Gasteiger partial charge in [0.05, 0.1) is 56.2 Å². The molecule has 312 valence electrons. The second-order valence-electron chi connectivity index (χ2n) is 18.5. The summed E-state index contributed by atoms with van der Waals surface area (Å²) in [6, 6.07) is 84.8. The molecule has 2 aromatic heterocycles. The maximum atomic E-state index is 9.87. The molecule has 0 N–H and O–H groups in total. The molecule has 12 aromatic rings. The summed E-state index contributed by atoms with van der Waals surface area (Å²) in [7, 11) is 0. The Morgan fingerprint density at radius 3 is 0.941 bits per heavy atom. The first-order valence-electron chi connectivity index (χ1n) is 23.2. The lowest BCUT2D eigenvalue weighted by Crippen LogP contribution is -2.44. The van der Waals surface area contributed by atoms with E-state index in [1.807, 2.05) is 24.3 Å². The second kappa shape index (κ2) is 13.2. The van der Waals surface area contributed by atoms with Crippen LogP contribution in [0.4, 0.5) is 0 Å². The van der Waals surface area contributed by atoms with Gasteiger partial charge in [-0.2, -0.15) is 10.5 Å². The zero-order valence-electron chi connectivity index (χ0n) is 36.6. The third kappa shape index (κ3) is 4.38. The largest absolute Gasteiger partial charge is 0.309 e. The highest BCUT2D eigenvalue weighted by atomic mass is 15.0. The minimum atomic E-state index is -0.735. The summed E-state index contributed by atoms with van der Waals surface area (Å²) in [5.41, 5.74) is 21.4. The van der Waals surface area contributed by atoms with Gasteiger partial charge in [-0.15, -0.1) is 0 Å². The van der Waals surface area contributed by atoms with Crippen molar-refractivity contribution < 1.29 is 0 Å². The molecule has 0 atom stereocenters. The van der Waals surface area contributed by atoms with Crippen molar-refractivity contribution >= 4 is 43.6 Å². The van der Waals surface area contributed by atoms with E-state index in [1.54, 1.807) is 0 Å². The summed E-state index contributed by atoms with van der Waals surface area (Å²) < 4.78 is 4.80. The van der Waals surface area contributed by atoms with Gasteiger partial charge in [0.1, 0.15) is 0 Å². The molecule has 0 saturated carbocycles. The van der Waals surface area contributed by atoms with Crippen molar-refractivity contribution in [1.29, 1.82) is 10.5 Å². The predicted molar refractivity (Wildman–Crippen MR) is 273 cm³/mol. The summed E-state index contributed by atoms with van der Waals surface area (Å²) in [6.07, 6.45) is 0. The van der Waals surface area contributed by atoms with E-state index >= 15 is 0 Å². The van der Waals surface area contributed by atoms with Gasteiger partial charge in [0.25, 0.3) is 0 Å². The SMILES string of the molecule is N#Cc1ccc(-n2c3ccccc3c3cc4c(cc32)C2(c3ccccc3-c3ccccc32)c2cc3c5ccccc5n(-c5ccc(C#N)cc5)c3cc2C42c3ccccc3-c3ccccc32)cc1. The highest BCUT2D eigenvalue weighted by Crippen LogP contribution is 2.68. The van der Waals surface area contributed by atoms with E-state index in [4.69, 9.17) is 0 Å². The summed E-state index contributed by atoms with van der Waals surface area (Å²) in [5, 5.41) is 24.4. The van der Waals surface area contributed by atoms with Gasteiger partial charge < -0.3 is 9.13 Å². The molecule has 0 unspecified atom stereocenters. The predicted octanol–water partition coefficient (Wildman–Crippen LogP) is 14.7. The minimum absolute atomic E-state index is 0.633. The molecular formula is C64H36N4. The van der Waals surface area contributed by atoms with Crippen LogP contribution < -0.4 is 0 Å². The first kappa shape index (κ1) is 37.0. The third-order valence-electron chi connectivity index (χ3n) is 15.7. The number of nitrogens with zero attached hydrogens (tertiary/aromatic N) is 4. The molecule has 68 heavy (non-hydrogen) atoms. The van der Waals surface area contributed by atoms with Crippen LogP contribution in [0.15, 0.2) is 218 Å². The number of hydrogen-bond donors (Lipinski definition) is 0. The number of nitriles is 2. The van der Waals surface area contributed by atoms with Gasteiger partial charge in [0, 0.05) is 32.9 Å². The summed E-state index contributed by atoms with van der Waals surface area (Å²) >= 11 is 0. The van der Waals surface area contributed by atoms with Crippen LogP contribution in [0.25, 0.3) is 77.2 Å². The van der Waals surface area contributed by atoms with E-state index in [-0.39, 0.29) is 0 Å². The average molecular weight is 861 g/mol. The van der Waals surface area contributed by atoms with E-state index in [9.17, 15) is 10.5 Å². The molecule has 2 spiro atoms. The molecule has 4 heteroatoms. The molecule has 4 nitrogen and oxygen atoms in total. The monoisotopic (exact) mass is 860 g/mol. The lowest BCUT2D eigenvalue weighted by molar-refractivity contribution is 0.635. The van der Waals surface area contributed by atoms with Crippen molar-refractivity contribution in [3.05, 3.63) is 274 Å². The van der Waals surface area contributed by atoms with E-state index < -0.39 is 10.8 Å². The Balaban J connectivity index is 1.21. The van der Waals surface area contributed by atoms with E-state index in [0.29, 0.717) is 11.1 Å². The van der Waals surface area contributed by atoms with Crippen molar-refractivity contribution in [3.63, 3.8) is 0 Å². The quantitative estimate of drug-likeness (QED) is 0.174. The van der Waals surface area contributed by atoms with Gasteiger partial charge in [-0.3, -0.25) is 0 Å². The van der Waals surface area contributed by atoms with Gasteiger partial charge in [0.15, 0.2) is 0 Å². The van der Waals surface area contributed by atoms with Crippen LogP contribution >= 0.6 is 0 Å². The first-order valence-corrected chi connectivity index (χ1v) is 23.2. The third-order valence-corrected chi connectivity index (χ3v) is 15.7. The number of benzene rings is 10. The van der Waals surface area contributed by atoms with Gasteiger partial charge in [-0.05, 0) is 152 Å². The number of rotatable bonds is 2. The molecule has 10 aromatic carbocycles. The Hall–Kier alpha value is -9.22. The van der Waals surface area contributed by atoms with Gasteiger partial charge in [-0.1, -0.05) is 133 Å². The Labute approximate surface area is 392 Å².